The van der Waals surface area contributed by atoms with Gasteiger partial charge in [-0.2, -0.15) is 0 Å². The molecular formula is C11H23NO. The second kappa shape index (κ2) is 5.61. The minimum atomic E-state index is 0.345. The summed E-state index contributed by atoms with van der Waals surface area (Å²) in [7, 11) is 0. The van der Waals surface area contributed by atoms with E-state index in [0.717, 1.165) is 5.92 Å². The fourth-order valence-electron chi connectivity index (χ4n) is 1.99. The van der Waals surface area contributed by atoms with E-state index in [9.17, 15) is 5.11 Å². The van der Waals surface area contributed by atoms with Crippen LogP contribution in [0.15, 0.2) is 0 Å². The molecule has 1 aliphatic rings. The van der Waals surface area contributed by atoms with E-state index in [4.69, 9.17) is 0 Å². The molecule has 13 heavy (non-hydrogen) atoms. The molecule has 0 amide bonds. The monoisotopic (exact) mass is 185 g/mol. The Morgan fingerprint density at radius 3 is 2.77 bits per heavy atom. The maximum atomic E-state index is 9.19. The van der Waals surface area contributed by atoms with E-state index in [2.05, 4.69) is 18.7 Å². The third-order valence-electron chi connectivity index (χ3n) is 2.95. The summed E-state index contributed by atoms with van der Waals surface area (Å²) in [5.74, 6) is 0.779. The van der Waals surface area contributed by atoms with Gasteiger partial charge in [0.25, 0.3) is 0 Å². The van der Waals surface area contributed by atoms with Crippen molar-refractivity contribution in [2.45, 2.75) is 45.6 Å². The average Bonchev–Trinajstić information content (AvgIpc) is 2.15. The summed E-state index contributed by atoms with van der Waals surface area (Å²) in [6, 6.07) is 0.451. The zero-order valence-corrected chi connectivity index (χ0v) is 9.00. The van der Waals surface area contributed by atoms with E-state index in [-0.39, 0.29) is 0 Å². The van der Waals surface area contributed by atoms with Crippen molar-refractivity contribution in [1.82, 2.24) is 4.90 Å². The maximum absolute atomic E-state index is 9.19. The molecule has 1 heterocycles. The summed E-state index contributed by atoms with van der Waals surface area (Å²) in [5, 5.41) is 9.19. The SMILES string of the molecule is CC(C)CCN1CCCCC1CO. The summed E-state index contributed by atoms with van der Waals surface area (Å²) < 4.78 is 0. The van der Waals surface area contributed by atoms with E-state index in [1.54, 1.807) is 0 Å². The van der Waals surface area contributed by atoms with Gasteiger partial charge in [-0.25, -0.2) is 0 Å². The first-order chi connectivity index (χ1) is 6.24. The average molecular weight is 185 g/mol. The first-order valence-corrected chi connectivity index (χ1v) is 5.59. The van der Waals surface area contributed by atoms with Crippen LogP contribution in [-0.4, -0.2) is 35.7 Å². The molecule has 1 fully saturated rings. The second-order valence-corrected chi connectivity index (χ2v) is 4.55. The molecule has 0 aromatic rings. The molecule has 0 aromatic carbocycles. The third kappa shape index (κ3) is 3.65. The predicted molar refractivity (Wildman–Crippen MR) is 55.8 cm³/mol. The molecule has 0 spiro atoms. The van der Waals surface area contributed by atoms with Crippen LogP contribution in [-0.2, 0) is 0 Å². The van der Waals surface area contributed by atoms with E-state index in [0.29, 0.717) is 12.6 Å². The van der Waals surface area contributed by atoms with E-state index >= 15 is 0 Å². The summed E-state index contributed by atoms with van der Waals surface area (Å²) in [6.07, 6.45) is 5.06. The molecule has 1 aliphatic heterocycles. The molecule has 1 rings (SSSR count). The third-order valence-corrected chi connectivity index (χ3v) is 2.95. The molecule has 78 valence electrons. The Kier molecular flexibility index (Phi) is 4.74. The van der Waals surface area contributed by atoms with Gasteiger partial charge in [-0.05, 0) is 38.3 Å². The second-order valence-electron chi connectivity index (χ2n) is 4.55. The van der Waals surface area contributed by atoms with Crippen LogP contribution >= 0.6 is 0 Å². The van der Waals surface area contributed by atoms with Gasteiger partial charge in [-0.1, -0.05) is 20.3 Å². The van der Waals surface area contributed by atoms with Gasteiger partial charge in [0.05, 0.1) is 6.61 Å². The highest BCUT2D eigenvalue weighted by Crippen LogP contribution is 2.17. The lowest BCUT2D eigenvalue weighted by Crippen LogP contribution is -2.42. The Morgan fingerprint density at radius 1 is 1.38 bits per heavy atom. The minimum Gasteiger partial charge on any atom is -0.395 e. The van der Waals surface area contributed by atoms with Crippen LogP contribution in [0.25, 0.3) is 0 Å². The molecule has 1 atom stereocenters. The molecule has 0 aliphatic carbocycles. The zero-order chi connectivity index (χ0) is 9.68. The molecule has 0 aromatic heterocycles. The van der Waals surface area contributed by atoms with E-state index < -0.39 is 0 Å². The Balaban J connectivity index is 2.27. The van der Waals surface area contributed by atoms with Crippen LogP contribution in [0.2, 0.25) is 0 Å². The molecule has 2 nitrogen and oxygen atoms in total. The van der Waals surface area contributed by atoms with Gasteiger partial charge in [-0.3, -0.25) is 4.90 Å². The first-order valence-electron chi connectivity index (χ1n) is 5.59. The van der Waals surface area contributed by atoms with E-state index in [1.165, 1.54) is 38.8 Å². The Labute approximate surface area is 81.9 Å². The van der Waals surface area contributed by atoms with Gasteiger partial charge in [0.1, 0.15) is 0 Å². The van der Waals surface area contributed by atoms with Crippen LogP contribution in [0, 0.1) is 5.92 Å². The summed E-state index contributed by atoms with van der Waals surface area (Å²) in [5.41, 5.74) is 0. The van der Waals surface area contributed by atoms with E-state index in [1.807, 2.05) is 0 Å². The normalized spacial score (nSPS) is 25.4. The van der Waals surface area contributed by atoms with Crippen LogP contribution < -0.4 is 0 Å². The largest absolute Gasteiger partial charge is 0.395 e. The Hall–Kier alpha value is -0.0800. The van der Waals surface area contributed by atoms with Crippen LogP contribution in [0.4, 0.5) is 0 Å². The van der Waals surface area contributed by atoms with Crippen LogP contribution in [0.3, 0.4) is 0 Å². The lowest BCUT2D eigenvalue weighted by atomic mass is 10.0. The summed E-state index contributed by atoms with van der Waals surface area (Å²) in [4.78, 5) is 2.46. The molecule has 0 saturated carbocycles. The number of hydrogen-bond donors (Lipinski definition) is 1. The van der Waals surface area contributed by atoms with Gasteiger partial charge in [0.15, 0.2) is 0 Å². The molecule has 1 unspecified atom stereocenters. The highest BCUT2D eigenvalue weighted by molar-refractivity contribution is 4.76. The number of aliphatic hydroxyl groups excluding tert-OH is 1. The smallest absolute Gasteiger partial charge is 0.0586 e. The Bertz CT molecular complexity index is 136. The fourth-order valence-corrected chi connectivity index (χ4v) is 1.99. The van der Waals surface area contributed by atoms with Gasteiger partial charge >= 0.3 is 0 Å². The first kappa shape index (κ1) is 11.0. The zero-order valence-electron chi connectivity index (χ0n) is 9.00. The number of likely N-dealkylation sites (tertiary alicyclic amines) is 1. The van der Waals surface area contributed by atoms with Gasteiger partial charge in [0, 0.05) is 6.04 Å². The van der Waals surface area contributed by atoms with Gasteiger partial charge in [-0.15, -0.1) is 0 Å². The number of hydrogen-bond acceptors (Lipinski definition) is 2. The predicted octanol–water partition coefficient (Wildman–Crippen LogP) is 1.88. The molecule has 0 radical (unpaired) electrons. The van der Waals surface area contributed by atoms with Crippen molar-refractivity contribution in [2.24, 2.45) is 5.92 Å². The van der Waals surface area contributed by atoms with Gasteiger partial charge in [0.2, 0.25) is 0 Å². The van der Waals surface area contributed by atoms with Crippen molar-refractivity contribution < 1.29 is 5.11 Å². The molecule has 0 bridgehead atoms. The molecular weight excluding hydrogens is 162 g/mol. The highest BCUT2D eigenvalue weighted by atomic mass is 16.3. The minimum absolute atomic E-state index is 0.345. The number of rotatable bonds is 4. The number of piperidine rings is 1. The van der Waals surface area contributed by atoms with Crippen molar-refractivity contribution in [3.63, 3.8) is 0 Å². The fraction of sp³-hybridized carbons (Fsp3) is 1.00. The maximum Gasteiger partial charge on any atom is 0.0586 e. The number of nitrogens with zero attached hydrogens (tertiary/aromatic N) is 1. The van der Waals surface area contributed by atoms with Crippen molar-refractivity contribution >= 4 is 0 Å². The van der Waals surface area contributed by atoms with Crippen molar-refractivity contribution in [3.05, 3.63) is 0 Å². The van der Waals surface area contributed by atoms with Crippen molar-refractivity contribution in [2.75, 3.05) is 19.7 Å². The topological polar surface area (TPSA) is 23.5 Å². The quantitative estimate of drug-likeness (QED) is 0.723. The molecule has 2 heteroatoms. The van der Waals surface area contributed by atoms with Crippen LogP contribution in [0.1, 0.15) is 39.5 Å². The highest BCUT2D eigenvalue weighted by Gasteiger charge is 2.20. The standard InChI is InChI=1S/C11H23NO/c1-10(2)6-8-12-7-4-3-5-11(12)9-13/h10-11,13H,3-9H2,1-2H3. The molecule has 1 N–H and O–H groups in total. The molecule has 1 saturated heterocycles. The number of aliphatic hydroxyl groups is 1. The lowest BCUT2D eigenvalue weighted by molar-refractivity contribution is 0.0862. The van der Waals surface area contributed by atoms with Crippen molar-refractivity contribution in [3.8, 4) is 0 Å². The lowest BCUT2D eigenvalue weighted by Gasteiger charge is -2.34. The van der Waals surface area contributed by atoms with Crippen LogP contribution in [0.5, 0.6) is 0 Å². The Morgan fingerprint density at radius 2 is 2.15 bits per heavy atom. The summed E-state index contributed by atoms with van der Waals surface area (Å²) >= 11 is 0. The van der Waals surface area contributed by atoms with Crippen molar-refractivity contribution in [1.29, 1.82) is 0 Å². The summed E-state index contributed by atoms with van der Waals surface area (Å²) in [6.45, 7) is 7.23. The van der Waals surface area contributed by atoms with Gasteiger partial charge < -0.3 is 5.11 Å².